The first kappa shape index (κ1) is 13.9. The monoisotopic (exact) mass is 271 g/mol. The number of amides is 1. The summed E-state index contributed by atoms with van der Waals surface area (Å²) in [7, 11) is 0. The van der Waals surface area contributed by atoms with Crippen molar-refractivity contribution in [2.24, 2.45) is 0 Å². The van der Waals surface area contributed by atoms with Gasteiger partial charge in [-0.05, 0) is 26.0 Å². The van der Waals surface area contributed by atoms with Crippen LogP contribution in [0.5, 0.6) is 0 Å². The third-order valence-corrected chi connectivity index (χ3v) is 2.73. The van der Waals surface area contributed by atoms with Gasteiger partial charge in [0.1, 0.15) is 17.7 Å². The zero-order valence-corrected chi connectivity index (χ0v) is 10.7. The fraction of sp³-hybridized carbons (Fsp3) is 0.462. The molecule has 0 spiro atoms. The third-order valence-electron chi connectivity index (χ3n) is 2.73. The summed E-state index contributed by atoms with van der Waals surface area (Å²) in [6, 6.07) is 2.82. The summed E-state index contributed by atoms with van der Waals surface area (Å²) < 4.78 is 36.9. The van der Waals surface area contributed by atoms with E-state index in [2.05, 4.69) is 5.32 Å². The molecule has 0 bridgehead atoms. The molecule has 1 aromatic rings. The van der Waals surface area contributed by atoms with Gasteiger partial charge in [0.05, 0.1) is 12.2 Å². The maximum absolute atomic E-state index is 13.4. The van der Waals surface area contributed by atoms with Gasteiger partial charge in [-0.1, -0.05) is 0 Å². The average molecular weight is 271 g/mol. The lowest BCUT2D eigenvalue weighted by molar-refractivity contribution is -0.137. The maximum Gasteiger partial charge on any atom is 0.254 e. The Balaban J connectivity index is 1.91. The molecule has 1 atom stereocenters. The van der Waals surface area contributed by atoms with Crippen molar-refractivity contribution in [3.63, 3.8) is 0 Å². The highest BCUT2D eigenvalue weighted by atomic mass is 19.1. The van der Waals surface area contributed by atoms with Crippen molar-refractivity contribution in [1.82, 2.24) is 5.32 Å². The molecule has 104 valence electrons. The highest BCUT2D eigenvalue weighted by Crippen LogP contribution is 2.21. The second-order valence-electron chi connectivity index (χ2n) is 4.78. The fourth-order valence-corrected chi connectivity index (χ4v) is 1.84. The number of hydrogen-bond acceptors (Lipinski definition) is 3. The van der Waals surface area contributed by atoms with Crippen molar-refractivity contribution >= 4 is 5.91 Å². The first-order chi connectivity index (χ1) is 8.87. The number of nitrogens with one attached hydrogen (secondary N) is 1. The Morgan fingerprint density at radius 2 is 2.21 bits per heavy atom. The zero-order chi connectivity index (χ0) is 14.0. The van der Waals surface area contributed by atoms with Crippen LogP contribution in [0.2, 0.25) is 0 Å². The van der Waals surface area contributed by atoms with E-state index in [0.29, 0.717) is 12.7 Å². The molecule has 4 nitrogen and oxygen atoms in total. The molecule has 0 aromatic heterocycles. The Kier molecular flexibility index (Phi) is 3.82. The van der Waals surface area contributed by atoms with E-state index in [-0.39, 0.29) is 18.2 Å². The Bertz CT molecular complexity index is 491. The van der Waals surface area contributed by atoms with Crippen molar-refractivity contribution in [2.75, 3.05) is 13.2 Å². The smallest absolute Gasteiger partial charge is 0.254 e. The number of rotatable bonds is 3. The molecule has 1 fully saturated rings. The van der Waals surface area contributed by atoms with Gasteiger partial charge < -0.3 is 14.8 Å². The Morgan fingerprint density at radius 3 is 2.79 bits per heavy atom. The van der Waals surface area contributed by atoms with Crippen LogP contribution in [0.15, 0.2) is 18.2 Å². The minimum Gasteiger partial charge on any atom is -0.349 e. The van der Waals surface area contributed by atoms with E-state index >= 15 is 0 Å². The molecule has 1 unspecified atom stereocenters. The van der Waals surface area contributed by atoms with E-state index in [1.807, 2.05) is 0 Å². The van der Waals surface area contributed by atoms with Crippen LogP contribution in [-0.2, 0) is 9.47 Å². The summed E-state index contributed by atoms with van der Waals surface area (Å²) in [6.45, 7) is 4.11. The third kappa shape index (κ3) is 3.48. The number of hydrogen-bond donors (Lipinski definition) is 1. The molecule has 1 aliphatic rings. The van der Waals surface area contributed by atoms with E-state index in [1.165, 1.54) is 0 Å². The van der Waals surface area contributed by atoms with Crippen molar-refractivity contribution in [1.29, 1.82) is 0 Å². The minimum absolute atomic E-state index is 0.195. The molecular formula is C13H15F2NO3. The summed E-state index contributed by atoms with van der Waals surface area (Å²) in [5, 5.41) is 2.53. The van der Waals surface area contributed by atoms with Crippen LogP contribution in [0.3, 0.4) is 0 Å². The normalized spacial score (nSPS) is 21.4. The van der Waals surface area contributed by atoms with Crippen molar-refractivity contribution in [2.45, 2.75) is 25.7 Å². The van der Waals surface area contributed by atoms with Crippen LogP contribution in [0, 0.1) is 11.6 Å². The highest BCUT2D eigenvalue weighted by Gasteiger charge is 2.32. The van der Waals surface area contributed by atoms with Gasteiger partial charge in [0.15, 0.2) is 5.79 Å². The number of carbonyl (C=O) groups is 1. The number of benzene rings is 1. The van der Waals surface area contributed by atoms with Gasteiger partial charge >= 0.3 is 0 Å². The van der Waals surface area contributed by atoms with E-state index in [4.69, 9.17) is 9.47 Å². The number of ether oxygens (including phenoxy) is 2. The molecule has 1 aliphatic heterocycles. The summed E-state index contributed by atoms with van der Waals surface area (Å²) in [6.07, 6.45) is -0.276. The largest absolute Gasteiger partial charge is 0.349 e. The summed E-state index contributed by atoms with van der Waals surface area (Å²) >= 11 is 0. The van der Waals surface area contributed by atoms with Gasteiger partial charge in [0, 0.05) is 12.6 Å². The molecule has 1 N–H and O–H groups in total. The van der Waals surface area contributed by atoms with Crippen molar-refractivity contribution in [3.05, 3.63) is 35.4 Å². The lowest BCUT2D eigenvalue weighted by atomic mass is 10.2. The molecule has 6 heteroatoms. The molecule has 1 heterocycles. The molecule has 2 rings (SSSR count). The summed E-state index contributed by atoms with van der Waals surface area (Å²) in [4.78, 5) is 11.7. The van der Waals surface area contributed by atoms with Gasteiger partial charge in [-0.2, -0.15) is 0 Å². The Labute approximate surface area is 109 Å². The van der Waals surface area contributed by atoms with Crippen LogP contribution in [0.25, 0.3) is 0 Å². The average Bonchev–Trinajstić information content (AvgIpc) is 2.66. The number of halogens is 2. The Hall–Kier alpha value is -1.53. The first-order valence-electron chi connectivity index (χ1n) is 5.92. The van der Waals surface area contributed by atoms with E-state index < -0.39 is 23.3 Å². The topological polar surface area (TPSA) is 47.6 Å². The van der Waals surface area contributed by atoms with Gasteiger partial charge in [0.25, 0.3) is 5.91 Å². The molecule has 1 amide bonds. The molecule has 1 aromatic carbocycles. The zero-order valence-electron chi connectivity index (χ0n) is 10.7. The van der Waals surface area contributed by atoms with Gasteiger partial charge in [-0.15, -0.1) is 0 Å². The molecule has 1 saturated heterocycles. The van der Waals surface area contributed by atoms with Crippen molar-refractivity contribution < 1.29 is 23.0 Å². The van der Waals surface area contributed by atoms with Gasteiger partial charge in [-0.3, -0.25) is 4.79 Å². The van der Waals surface area contributed by atoms with E-state index in [1.54, 1.807) is 13.8 Å². The van der Waals surface area contributed by atoms with Crippen LogP contribution in [-0.4, -0.2) is 30.9 Å². The predicted octanol–water partition coefficient (Wildman–Crippen LogP) is 1.85. The molecular weight excluding hydrogens is 256 g/mol. The van der Waals surface area contributed by atoms with Gasteiger partial charge in [0.2, 0.25) is 0 Å². The van der Waals surface area contributed by atoms with Crippen molar-refractivity contribution in [3.8, 4) is 0 Å². The van der Waals surface area contributed by atoms with Crippen LogP contribution in [0.4, 0.5) is 8.78 Å². The molecule has 0 aliphatic carbocycles. The summed E-state index contributed by atoms with van der Waals surface area (Å²) in [5.74, 6) is -2.88. The first-order valence-corrected chi connectivity index (χ1v) is 5.92. The summed E-state index contributed by atoms with van der Waals surface area (Å²) in [5.41, 5.74) is -0.195. The molecule has 19 heavy (non-hydrogen) atoms. The van der Waals surface area contributed by atoms with E-state index in [9.17, 15) is 13.6 Å². The highest BCUT2D eigenvalue weighted by molar-refractivity contribution is 5.94. The minimum atomic E-state index is -0.888. The molecule has 0 saturated carbocycles. The SMILES string of the molecule is CC1(C)OCC(CNC(=O)c2ccc(F)cc2F)O1. The lowest BCUT2D eigenvalue weighted by Crippen LogP contribution is -2.34. The van der Waals surface area contributed by atoms with Gasteiger partial charge in [-0.25, -0.2) is 8.78 Å². The molecule has 0 radical (unpaired) electrons. The number of carbonyl (C=O) groups excluding carboxylic acids is 1. The lowest BCUT2D eigenvalue weighted by Gasteiger charge is -2.17. The quantitative estimate of drug-likeness (QED) is 0.912. The second kappa shape index (κ2) is 5.22. The predicted molar refractivity (Wildman–Crippen MR) is 63.6 cm³/mol. The van der Waals surface area contributed by atoms with Crippen LogP contribution < -0.4 is 5.32 Å². The van der Waals surface area contributed by atoms with E-state index in [0.717, 1.165) is 12.1 Å². The fourth-order valence-electron chi connectivity index (χ4n) is 1.84. The Morgan fingerprint density at radius 1 is 1.47 bits per heavy atom. The second-order valence-corrected chi connectivity index (χ2v) is 4.78. The standard InChI is InChI=1S/C13H15F2NO3/c1-13(2)18-7-9(19-13)6-16-12(17)10-4-3-8(14)5-11(10)15/h3-5,9H,6-7H2,1-2H3,(H,16,17). The maximum atomic E-state index is 13.4. The van der Waals surface area contributed by atoms with Crippen LogP contribution >= 0.6 is 0 Å². The van der Waals surface area contributed by atoms with Crippen LogP contribution in [0.1, 0.15) is 24.2 Å².